The number of nitrogens with zero attached hydrogens (tertiary/aromatic N) is 2. The minimum atomic E-state index is -0.525. The van der Waals surface area contributed by atoms with Gasteiger partial charge in [-0.25, -0.2) is 9.78 Å². The summed E-state index contributed by atoms with van der Waals surface area (Å²) in [6.45, 7) is 3.08. The number of carbonyl (C=O) groups excluding carboxylic acids is 1. The summed E-state index contributed by atoms with van der Waals surface area (Å²) in [6.07, 6.45) is 0. The van der Waals surface area contributed by atoms with E-state index in [-0.39, 0.29) is 0 Å². The third-order valence-electron chi connectivity index (χ3n) is 2.74. The molecule has 2 rings (SSSR count). The first-order valence-corrected chi connectivity index (χ1v) is 6.20. The average Bonchev–Trinajstić information content (AvgIpc) is 2.66. The molecule has 0 aliphatic heterocycles. The Balaban J connectivity index is 2.31. The fourth-order valence-corrected chi connectivity index (χ4v) is 2.14. The second-order valence-corrected chi connectivity index (χ2v) is 4.36. The van der Waals surface area contributed by atoms with E-state index in [0.29, 0.717) is 19.0 Å². The van der Waals surface area contributed by atoms with Crippen LogP contribution < -0.4 is 11.1 Å². The van der Waals surface area contributed by atoms with Crippen LogP contribution in [0.15, 0.2) is 18.2 Å². The minimum Gasteiger partial charge on any atom is -0.352 e. The second kappa shape index (κ2) is 5.27. The maximum absolute atomic E-state index is 10.7. The Hall–Kier alpha value is -1.75. The number of aromatic nitrogens is 2. The summed E-state index contributed by atoms with van der Waals surface area (Å²) in [5.41, 5.74) is 8.13. The van der Waals surface area contributed by atoms with Crippen molar-refractivity contribution in [3.63, 3.8) is 0 Å². The van der Waals surface area contributed by atoms with Crippen molar-refractivity contribution in [3.05, 3.63) is 29.6 Å². The summed E-state index contributed by atoms with van der Waals surface area (Å²) < 4.78 is 2.00. The van der Waals surface area contributed by atoms with Gasteiger partial charge in [0.05, 0.1) is 16.9 Å². The lowest BCUT2D eigenvalue weighted by atomic mass is 10.2. The van der Waals surface area contributed by atoms with Gasteiger partial charge < -0.3 is 15.6 Å². The number of imidazole rings is 1. The summed E-state index contributed by atoms with van der Waals surface area (Å²) in [5.74, 6) is 1.13. The van der Waals surface area contributed by atoms with Gasteiger partial charge in [0.15, 0.2) is 0 Å². The molecule has 2 aromatic rings. The molecule has 0 spiro atoms. The number of primary amides is 1. The molecule has 0 bridgehead atoms. The quantitative estimate of drug-likeness (QED) is 0.828. The van der Waals surface area contributed by atoms with Crippen LogP contribution in [-0.2, 0) is 12.4 Å². The summed E-state index contributed by atoms with van der Waals surface area (Å²) in [7, 11) is 0. The number of benzene rings is 1. The number of carbonyl (C=O) groups is 1. The second-order valence-electron chi connectivity index (χ2n) is 4.10. The molecule has 1 aromatic heterocycles. The van der Waals surface area contributed by atoms with Gasteiger partial charge in [0.1, 0.15) is 5.82 Å². The number of fused-ring (bicyclic) bond motifs is 1. The number of nitrogens with one attached hydrogen (secondary N) is 1. The van der Waals surface area contributed by atoms with Gasteiger partial charge in [-0.1, -0.05) is 6.07 Å². The number of urea groups is 1. The molecule has 0 saturated heterocycles. The van der Waals surface area contributed by atoms with Crippen molar-refractivity contribution < 1.29 is 4.79 Å². The molecular weight excluding hydrogens is 252 g/mol. The zero-order chi connectivity index (χ0) is 13.1. The lowest BCUT2D eigenvalue weighted by molar-refractivity contribution is 0.248. The summed E-state index contributed by atoms with van der Waals surface area (Å²) >= 11 is 5.89. The van der Waals surface area contributed by atoms with Crippen molar-refractivity contribution in [2.75, 3.05) is 6.54 Å². The van der Waals surface area contributed by atoms with Crippen LogP contribution in [0.25, 0.3) is 11.0 Å². The Kier molecular flexibility index (Phi) is 3.72. The first-order chi connectivity index (χ1) is 8.61. The van der Waals surface area contributed by atoms with E-state index in [1.165, 1.54) is 0 Å². The SMILES string of the molecule is Cc1ccc2c(c1)nc(CCl)n2CCNC(N)=O. The van der Waals surface area contributed by atoms with Crippen LogP contribution in [0, 0.1) is 6.92 Å². The Morgan fingerprint density at radius 1 is 1.56 bits per heavy atom. The highest BCUT2D eigenvalue weighted by Gasteiger charge is 2.09. The molecule has 0 unspecified atom stereocenters. The Labute approximate surface area is 110 Å². The molecule has 0 radical (unpaired) electrons. The lowest BCUT2D eigenvalue weighted by Crippen LogP contribution is -2.32. The van der Waals surface area contributed by atoms with Crippen molar-refractivity contribution in [1.29, 1.82) is 0 Å². The maximum atomic E-state index is 10.7. The number of hydrogen-bond donors (Lipinski definition) is 2. The summed E-state index contributed by atoms with van der Waals surface area (Å²) in [4.78, 5) is 15.1. The molecule has 96 valence electrons. The molecule has 0 aliphatic carbocycles. The average molecular weight is 267 g/mol. The number of amides is 2. The number of hydrogen-bond acceptors (Lipinski definition) is 2. The Morgan fingerprint density at radius 2 is 2.33 bits per heavy atom. The maximum Gasteiger partial charge on any atom is 0.312 e. The van der Waals surface area contributed by atoms with E-state index in [2.05, 4.69) is 10.3 Å². The Morgan fingerprint density at radius 3 is 3.00 bits per heavy atom. The van der Waals surface area contributed by atoms with E-state index in [9.17, 15) is 4.79 Å². The molecule has 0 atom stereocenters. The van der Waals surface area contributed by atoms with Crippen molar-refractivity contribution >= 4 is 28.7 Å². The van der Waals surface area contributed by atoms with E-state index in [0.717, 1.165) is 22.4 Å². The van der Waals surface area contributed by atoms with Gasteiger partial charge in [0.25, 0.3) is 0 Å². The number of rotatable bonds is 4. The number of nitrogens with two attached hydrogens (primary N) is 1. The third-order valence-corrected chi connectivity index (χ3v) is 2.98. The van der Waals surface area contributed by atoms with Crippen molar-refractivity contribution in [3.8, 4) is 0 Å². The van der Waals surface area contributed by atoms with Gasteiger partial charge in [-0.05, 0) is 24.6 Å². The molecule has 18 heavy (non-hydrogen) atoms. The molecule has 5 nitrogen and oxygen atoms in total. The van der Waals surface area contributed by atoms with Crippen molar-refractivity contribution in [2.24, 2.45) is 5.73 Å². The summed E-state index contributed by atoms with van der Waals surface area (Å²) in [5, 5.41) is 2.56. The molecule has 0 saturated carbocycles. The lowest BCUT2D eigenvalue weighted by Gasteiger charge is -2.07. The molecule has 1 aromatic carbocycles. The number of alkyl halides is 1. The van der Waals surface area contributed by atoms with Crippen LogP contribution in [0.4, 0.5) is 4.79 Å². The van der Waals surface area contributed by atoms with Crippen LogP contribution in [0.5, 0.6) is 0 Å². The zero-order valence-corrected chi connectivity index (χ0v) is 10.9. The molecule has 6 heteroatoms. The van der Waals surface area contributed by atoms with Crippen LogP contribution >= 0.6 is 11.6 Å². The highest BCUT2D eigenvalue weighted by molar-refractivity contribution is 6.16. The normalized spacial score (nSPS) is 10.8. The summed E-state index contributed by atoms with van der Waals surface area (Å²) in [6, 6.07) is 5.53. The molecule has 0 fully saturated rings. The minimum absolute atomic E-state index is 0.338. The van der Waals surface area contributed by atoms with Crippen LogP contribution in [-0.4, -0.2) is 22.1 Å². The van der Waals surface area contributed by atoms with Gasteiger partial charge in [-0.3, -0.25) is 0 Å². The molecule has 3 N–H and O–H groups in total. The van der Waals surface area contributed by atoms with Gasteiger partial charge in [0.2, 0.25) is 0 Å². The van der Waals surface area contributed by atoms with E-state index < -0.39 is 6.03 Å². The monoisotopic (exact) mass is 266 g/mol. The smallest absolute Gasteiger partial charge is 0.312 e. The fourth-order valence-electron chi connectivity index (χ4n) is 1.93. The highest BCUT2D eigenvalue weighted by atomic mass is 35.5. The predicted octanol–water partition coefficient (Wildman–Crippen LogP) is 1.75. The number of aryl methyl sites for hydroxylation is 1. The van der Waals surface area contributed by atoms with E-state index in [4.69, 9.17) is 17.3 Å². The third kappa shape index (κ3) is 2.56. The van der Waals surface area contributed by atoms with E-state index in [1.54, 1.807) is 0 Å². The topological polar surface area (TPSA) is 72.9 Å². The molecule has 1 heterocycles. The predicted molar refractivity (Wildman–Crippen MR) is 71.6 cm³/mol. The Bertz CT molecular complexity index is 579. The molecule has 0 aliphatic rings. The van der Waals surface area contributed by atoms with Gasteiger partial charge in [-0.2, -0.15) is 0 Å². The van der Waals surface area contributed by atoms with Crippen LogP contribution in [0.3, 0.4) is 0 Å². The first kappa shape index (κ1) is 12.7. The highest BCUT2D eigenvalue weighted by Crippen LogP contribution is 2.18. The van der Waals surface area contributed by atoms with Crippen LogP contribution in [0.2, 0.25) is 0 Å². The zero-order valence-electron chi connectivity index (χ0n) is 10.1. The van der Waals surface area contributed by atoms with E-state index >= 15 is 0 Å². The first-order valence-electron chi connectivity index (χ1n) is 5.67. The molecule has 2 amide bonds. The standard InChI is InChI=1S/C12H15ClN4O/c1-8-2-3-10-9(6-8)16-11(7-13)17(10)5-4-15-12(14)18/h2-3,6H,4-5,7H2,1H3,(H3,14,15,18). The van der Waals surface area contributed by atoms with Crippen LogP contribution in [0.1, 0.15) is 11.4 Å². The van der Waals surface area contributed by atoms with Gasteiger partial charge in [0, 0.05) is 13.1 Å². The largest absolute Gasteiger partial charge is 0.352 e. The van der Waals surface area contributed by atoms with Crippen molar-refractivity contribution in [2.45, 2.75) is 19.3 Å². The van der Waals surface area contributed by atoms with Gasteiger partial charge >= 0.3 is 6.03 Å². The molecular formula is C12H15ClN4O. The van der Waals surface area contributed by atoms with E-state index in [1.807, 2.05) is 29.7 Å². The number of halogens is 1. The fraction of sp³-hybridized carbons (Fsp3) is 0.333. The van der Waals surface area contributed by atoms with Crippen molar-refractivity contribution in [1.82, 2.24) is 14.9 Å². The van der Waals surface area contributed by atoms with Gasteiger partial charge in [-0.15, -0.1) is 11.6 Å².